The molecular formula is C29H32N2+2. The minimum atomic E-state index is 1.21. The second-order valence-corrected chi connectivity index (χ2v) is 8.85. The predicted octanol–water partition coefficient (Wildman–Crippen LogP) is 6.07. The lowest BCUT2D eigenvalue weighted by molar-refractivity contribution is -0.596. The zero-order chi connectivity index (χ0) is 22.3. The van der Waals surface area contributed by atoms with Crippen molar-refractivity contribution in [1.29, 1.82) is 0 Å². The van der Waals surface area contributed by atoms with Crippen molar-refractivity contribution in [2.45, 2.75) is 48.5 Å². The molecule has 0 aliphatic carbocycles. The zero-order valence-electron chi connectivity index (χ0n) is 19.7. The van der Waals surface area contributed by atoms with Gasteiger partial charge >= 0.3 is 0 Å². The van der Waals surface area contributed by atoms with E-state index in [0.29, 0.717) is 0 Å². The van der Waals surface area contributed by atoms with Gasteiger partial charge in [-0.1, -0.05) is 0 Å². The molecule has 31 heavy (non-hydrogen) atoms. The molecule has 4 aromatic rings. The van der Waals surface area contributed by atoms with Crippen LogP contribution in [0.2, 0.25) is 0 Å². The maximum absolute atomic E-state index is 2.26. The lowest BCUT2D eigenvalue weighted by Crippen LogP contribution is -2.31. The molecule has 2 heteroatoms. The van der Waals surface area contributed by atoms with Gasteiger partial charge in [-0.05, 0) is 93.0 Å². The number of aromatic nitrogens is 2. The zero-order valence-corrected chi connectivity index (χ0v) is 19.7. The van der Waals surface area contributed by atoms with Gasteiger partial charge < -0.3 is 0 Å². The Morgan fingerprint density at radius 3 is 1.35 bits per heavy atom. The van der Waals surface area contributed by atoms with Crippen LogP contribution in [0.3, 0.4) is 0 Å². The van der Waals surface area contributed by atoms with E-state index in [4.69, 9.17) is 0 Å². The number of rotatable bonds is 3. The van der Waals surface area contributed by atoms with Gasteiger partial charge in [0.25, 0.3) is 0 Å². The first kappa shape index (κ1) is 21.0. The number of hydrogen-bond donors (Lipinski definition) is 0. The van der Waals surface area contributed by atoms with Crippen molar-refractivity contribution < 1.29 is 9.13 Å². The minimum absolute atomic E-state index is 1.21. The van der Waals surface area contributed by atoms with E-state index in [1.807, 2.05) is 0 Å². The molecule has 0 amide bonds. The molecule has 0 spiro atoms. The maximum atomic E-state index is 2.26. The molecule has 0 fully saturated rings. The standard InChI is InChI=1S/C29H32N2/c1-19-14-27(15-20(2)24(19)6)30-11-8-26(9-12-30)29-10-13-31(18-23(29)5)28-16-21(3)25(7)22(4)17-28/h8-18H,1-7H3/q+2. The Labute approximate surface area is 186 Å². The van der Waals surface area contributed by atoms with Crippen LogP contribution in [0.15, 0.2) is 67.3 Å². The van der Waals surface area contributed by atoms with Crippen molar-refractivity contribution in [2.75, 3.05) is 0 Å². The second-order valence-electron chi connectivity index (χ2n) is 8.85. The topological polar surface area (TPSA) is 7.76 Å². The summed E-state index contributed by atoms with van der Waals surface area (Å²) in [6, 6.07) is 15.7. The van der Waals surface area contributed by atoms with Gasteiger partial charge in [0, 0.05) is 48.0 Å². The lowest BCUT2D eigenvalue weighted by Gasteiger charge is -2.08. The van der Waals surface area contributed by atoms with Crippen molar-refractivity contribution in [3.8, 4) is 22.5 Å². The molecule has 0 aliphatic rings. The van der Waals surface area contributed by atoms with Crippen LogP contribution in [0.4, 0.5) is 0 Å². The average Bonchev–Trinajstić information content (AvgIpc) is 2.75. The van der Waals surface area contributed by atoms with Gasteiger partial charge in [-0.15, -0.1) is 0 Å². The van der Waals surface area contributed by atoms with Crippen molar-refractivity contribution in [1.82, 2.24) is 0 Å². The second kappa shape index (κ2) is 8.11. The molecule has 156 valence electrons. The van der Waals surface area contributed by atoms with Crippen LogP contribution in [-0.2, 0) is 0 Å². The summed E-state index contributed by atoms with van der Waals surface area (Å²) in [6.07, 6.45) is 8.71. The highest BCUT2D eigenvalue weighted by atomic mass is 14.9. The largest absolute Gasteiger partial charge is 0.211 e. The van der Waals surface area contributed by atoms with Gasteiger partial charge in [-0.2, -0.15) is 9.13 Å². The number of benzene rings is 2. The molecular weight excluding hydrogens is 376 g/mol. The highest BCUT2D eigenvalue weighted by molar-refractivity contribution is 5.65. The molecule has 0 unspecified atom stereocenters. The van der Waals surface area contributed by atoms with Crippen LogP contribution in [0.25, 0.3) is 22.5 Å². The van der Waals surface area contributed by atoms with E-state index >= 15 is 0 Å². The quantitative estimate of drug-likeness (QED) is 0.364. The Kier molecular flexibility index (Phi) is 5.49. The van der Waals surface area contributed by atoms with Crippen molar-refractivity contribution in [3.63, 3.8) is 0 Å². The van der Waals surface area contributed by atoms with E-state index in [9.17, 15) is 0 Å². The first-order valence-electron chi connectivity index (χ1n) is 10.9. The fourth-order valence-corrected chi connectivity index (χ4v) is 4.19. The number of nitrogens with zero attached hydrogens (tertiary/aromatic N) is 2. The number of aryl methyl sites for hydroxylation is 5. The molecule has 0 saturated heterocycles. The van der Waals surface area contributed by atoms with Gasteiger partial charge in [0.2, 0.25) is 11.4 Å². The van der Waals surface area contributed by atoms with E-state index in [2.05, 4.69) is 125 Å². The normalized spacial score (nSPS) is 11.1. The summed E-state index contributed by atoms with van der Waals surface area (Å²) in [4.78, 5) is 0. The first-order chi connectivity index (χ1) is 14.7. The van der Waals surface area contributed by atoms with Crippen LogP contribution >= 0.6 is 0 Å². The van der Waals surface area contributed by atoms with Crippen molar-refractivity contribution in [3.05, 3.63) is 106 Å². The molecule has 4 rings (SSSR count). The summed E-state index contributed by atoms with van der Waals surface area (Å²) < 4.78 is 4.42. The molecule has 2 heterocycles. The van der Waals surface area contributed by atoms with Crippen LogP contribution < -0.4 is 9.13 Å². The predicted molar refractivity (Wildman–Crippen MR) is 128 cm³/mol. The minimum Gasteiger partial charge on any atom is -0.167 e. The third kappa shape index (κ3) is 4.03. The summed E-state index contributed by atoms with van der Waals surface area (Å²) >= 11 is 0. The van der Waals surface area contributed by atoms with Gasteiger partial charge in [0.1, 0.15) is 0 Å². The molecule has 0 atom stereocenters. The van der Waals surface area contributed by atoms with Crippen LogP contribution in [0.5, 0.6) is 0 Å². The Bertz CT molecular complexity index is 1230. The number of hydrogen-bond acceptors (Lipinski definition) is 0. The molecule has 0 radical (unpaired) electrons. The average molecular weight is 409 g/mol. The fourth-order valence-electron chi connectivity index (χ4n) is 4.19. The third-order valence-corrected chi connectivity index (χ3v) is 6.72. The Balaban J connectivity index is 1.66. The molecule has 2 nitrogen and oxygen atoms in total. The molecule has 0 bridgehead atoms. The lowest BCUT2D eigenvalue weighted by atomic mass is 10.0. The van der Waals surface area contributed by atoms with Gasteiger partial charge in [-0.25, -0.2) is 0 Å². The molecule has 0 N–H and O–H groups in total. The van der Waals surface area contributed by atoms with E-state index in [0.717, 1.165) is 0 Å². The monoisotopic (exact) mass is 408 g/mol. The SMILES string of the molecule is Cc1c[n+](-c2cc(C)c(C)c(C)c2)ccc1-c1cc[n+](-c2cc(C)c(C)c(C)c2)cc1. The van der Waals surface area contributed by atoms with Crippen LogP contribution in [0.1, 0.15) is 38.9 Å². The smallest absolute Gasteiger partial charge is 0.167 e. The molecule has 0 aliphatic heterocycles. The summed E-state index contributed by atoms with van der Waals surface area (Å²) in [5.41, 5.74) is 14.2. The van der Waals surface area contributed by atoms with Crippen molar-refractivity contribution >= 4 is 0 Å². The highest BCUT2D eigenvalue weighted by Gasteiger charge is 2.15. The highest BCUT2D eigenvalue weighted by Crippen LogP contribution is 2.22. The maximum Gasteiger partial charge on any atom is 0.211 e. The third-order valence-electron chi connectivity index (χ3n) is 6.72. The van der Waals surface area contributed by atoms with E-state index in [1.54, 1.807) is 0 Å². The van der Waals surface area contributed by atoms with Crippen LogP contribution in [0, 0.1) is 48.5 Å². The molecule has 2 aromatic carbocycles. The summed E-state index contributed by atoms with van der Waals surface area (Å²) in [5, 5.41) is 0. The molecule has 0 saturated carbocycles. The van der Waals surface area contributed by atoms with E-state index in [-0.39, 0.29) is 0 Å². The van der Waals surface area contributed by atoms with Gasteiger partial charge in [0.05, 0.1) is 0 Å². The van der Waals surface area contributed by atoms with Crippen LogP contribution in [-0.4, -0.2) is 0 Å². The summed E-state index contributed by atoms with van der Waals surface area (Å²) in [6.45, 7) is 15.3. The summed E-state index contributed by atoms with van der Waals surface area (Å²) in [7, 11) is 0. The molecule has 2 aromatic heterocycles. The first-order valence-corrected chi connectivity index (χ1v) is 10.9. The Morgan fingerprint density at radius 1 is 0.484 bits per heavy atom. The van der Waals surface area contributed by atoms with Gasteiger partial charge in [0.15, 0.2) is 24.8 Å². The van der Waals surface area contributed by atoms with Crippen molar-refractivity contribution in [2.24, 2.45) is 0 Å². The van der Waals surface area contributed by atoms with E-state index < -0.39 is 0 Å². The Morgan fingerprint density at radius 2 is 0.903 bits per heavy atom. The van der Waals surface area contributed by atoms with E-state index in [1.165, 1.54) is 61.4 Å². The number of pyridine rings is 2. The Hall–Kier alpha value is -3.26. The fraction of sp³-hybridized carbons (Fsp3) is 0.241. The van der Waals surface area contributed by atoms with Gasteiger partial charge in [-0.3, -0.25) is 0 Å². The summed E-state index contributed by atoms with van der Waals surface area (Å²) in [5.74, 6) is 0.